The molecule has 6 heteroatoms. The van der Waals surface area contributed by atoms with E-state index in [9.17, 15) is 4.79 Å². The lowest BCUT2D eigenvalue weighted by molar-refractivity contribution is -0.312. The fourth-order valence-corrected chi connectivity index (χ4v) is 1.33. The summed E-state index contributed by atoms with van der Waals surface area (Å²) in [7, 11) is 1.50. The Morgan fingerprint density at radius 2 is 2.18 bits per heavy atom. The first kappa shape index (κ1) is 14.2. The second-order valence-electron chi connectivity index (χ2n) is 5.00. The van der Waals surface area contributed by atoms with Crippen LogP contribution in [-0.4, -0.2) is 44.0 Å². The summed E-state index contributed by atoms with van der Waals surface area (Å²) in [4.78, 5) is 11.4. The molecule has 0 aliphatic carbocycles. The Hall–Kier alpha value is -0.850. The largest absolute Gasteiger partial charge is 0.444 e. The van der Waals surface area contributed by atoms with E-state index < -0.39 is 17.7 Å². The zero-order valence-corrected chi connectivity index (χ0v) is 11.0. The molecule has 1 saturated heterocycles. The van der Waals surface area contributed by atoms with E-state index >= 15 is 0 Å². The van der Waals surface area contributed by atoms with E-state index in [4.69, 9.17) is 18.9 Å². The molecule has 0 spiro atoms. The maximum absolute atomic E-state index is 11.4. The third kappa shape index (κ3) is 4.89. The van der Waals surface area contributed by atoms with Crippen molar-refractivity contribution in [1.82, 2.24) is 5.32 Å². The molecule has 100 valence electrons. The number of nitrogens with one attached hydrogen (secondary N) is 1. The van der Waals surface area contributed by atoms with Gasteiger partial charge in [0.1, 0.15) is 11.7 Å². The predicted molar refractivity (Wildman–Crippen MR) is 60.5 cm³/mol. The summed E-state index contributed by atoms with van der Waals surface area (Å²) in [5.74, 6) is -1.01. The van der Waals surface area contributed by atoms with Gasteiger partial charge < -0.3 is 24.3 Å². The molecular formula is C11H21NO5. The number of ether oxygens (including phenoxy) is 4. The number of carbonyl (C=O) groups is 1. The first-order chi connectivity index (χ1) is 7.74. The van der Waals surface area contributed by atoms with Gasteiger partial charge in [-0.1, -0.05) is 0 Å². The highest BCUT2D eigenvalue weighted by Crippen LogP contribution is 2.23. The van der Waals surface area contributed by atoms with Gasteiger partial charge in [0, 0.05) is 20.6 Å². The maximum atomic E-state index is 11.4. The van der Waals surface area contributed by atoms with E-state index in [1.54, 1.807) is 6.92 Å². The van der Waals surface area contributed by atoms with Crippen LogP contribution in [0.4, 0.5) is 4.79 Å². The van der Waals surface area contributed by atoms with Crippen LogP contribution in [0.2, 0.25) is 0 Å². The van der Waals surface area contributed by atoms with E-state index in [2.05, 4.69) is 5.32 Å². The lowest BCUT2D eigenvalue weighted by Crippen LogP contribution is -2.38. The van der Waals surface area contributed by atoms with Crippen molar-refractivity contribution in [3.05, 3.63) is 0 Å². The summed E-state index contributed by atoms with van der Waals surface area (Å²) in [6.45, 7) is 7.81. The molecule has 6 nitrogen and oxygen atoms in total. The van der Waals surface area contributed by atoms with Crippen molar-refractivity contribution in [2.24, 2.45) is 0 Å². The van der Waals surface area contributed by atoms with Crippen molar-refractivity contribution < 1.29 is 23.7 Å². The molecule has 1 heterocycles. The summed E-state index contributed by atoms with van der Waals surface area (Å²) in [6.07, 6.45) is -0.695. The quantitative estimate of drug-likeness (QED) is 0.813. The Labute approximate surface area is 102 Å². The molecule has 0 aromatic carbocycles. The zero-order valence-electron chi connectivity index (χ0n) is 11.0. The van der Waals surface area contributed by atoms with Crippen molar-refractivity contribution in [3.63, 3.8) is 0 Å². The first-order valence-corrected chi connectivity index (χ1v) is 5.58. The van der Waals surface area contributed by atoms with Gasteiger partial charge in [-0.15, -0.1) is 0 Å². The molecule has 1 N–H and O–H groups in total. The minimum atomic E-state index is -1.01. The van der Waals surface area contributed by atoms with E-state index in [1.807, 2.05) is 20.8 Å². The number of rotatable bonds is 3. The number of alkyl carbamates (subject to hydrolysis) is 1. The average Bonchev–Trinajstić information content (AvgIpc) is 2.56. The standard InChI is InChI=1S/C11H21NO5/c1-10(2,3)17-9(13)12-6-8-7-15-11(4,14-5)16-8/h8H,6-7H2,1-5H3,(H,12,13)/t8?,11-/m0/s1. The Kier molecular flexibility index (Phi) is 4.35. The minimum absolute atomic E-state index is 0.229. The number of methoxy groups -OCH3 is 1. The molecule has 1 rings (SSSR count). The summed E-state index contributed by atoms with van der Waals surface area (Å²) in [5, 5.41) is 2.62. The van der Waals surface area contributed by atoms with Gasteiger partial charge in [0.15, 0.2) is 0 Å². The lowest BCUT2D eigenvalue weighted by atomic mass is 10.2. The van der Waals surface area contributed by atoms with Gasteiger partial charge in [0.2, 0.25) is 0 Å². The molecule has 0 saturated carbocycles. The average molecular weight is 247 g/mol. The molecule has 1 unspecified atom stereocenters. The second-order valence-corrected chi connectivity index (χ2v) is 5.00. The van der Waals surface area contributed by atoms with Crippen molar-refractivity contribution in [3.8, 4) is 0 Å². The van der Waals surface area contributed by atoms with Crippen molar-refractivity contribution in [2.75, 3.05) is 20.3 Å². The van der Waals surface area contributed by atoms with Gasteiger partial charge in [-0.25, -0.2) is 4.79 Å². The molecule has 17 heavy (non-hydrogen) atoms. The Bertz CT molecular complexity index is 276. The van der Waals surface area contributed by atoms with E-state index in [0.29, 0.717) is 13.2 Å². The van der Waals surface area contributed by atoms with Crippen LogP contribution in [0.15, 0.2) is 0 Å². The Morgan fingerprint density at radius 1 is 1.53 bits per heavy atom. The summed E-state index contributed by atoms with van der Waals surface area (Å²) < 4.78 is 20.9. The molecular weight excluding hydrogens is 226 g/mol. The second kappa shape index (κ2) is 5.20. The van der Waals surface area contributed by atoms with E-state index in [0.717, 1.165) is 0 Å². The van der Waals surface area contributed by atoms with Gasteiger partial charge in [-0.2, -0.15) is 0 Å². The molecule has 0 aromatic heterocycles. The molecule has 2 atom stereocenters. The third-order valence-electron chi connectivity index (χ3n) is 2.16. The van der Waals surface area contributed by atoms with Gasteiger partial charge >= 0.3 is 6.09 Å². The fraction of sp³-hybridized carbons (Fsp3) is 0.909. The molecule has 1 amide bonds. The highest BCUT2D eigenvalue weighted by atomic mass is 16.9. The normalized spacial score (nSPS) is 29.1. The predicted octanol–water partition coefficient (Wildman–Crippen LogP) is 1.25. The van der Waals surface area contributed by atoms with Crippen LogP contribution < -0.4 is 5.32 Å². The maximum Gasteiger partial charge on any atom is 0.407 e. The van der Waals surface area contributed by atoms with Crippen LogP contribution in [0, 0.1) is 0 Å². The highest BCUT2D eigenvalue weighted by molar-refractivity contribution is 5.67. The van der Waals surface area contributed by atoms with Crippen LogP contribution >= 0.6 is 0 Å². The number of carbonyl (C=O) groups excluding carboxylic acids is 1. The first-order valence-electron chi connectivity index (χ1n) is 5.58. The third-order valence-corrected chi connectivity index (χ3v) is 2.16. The fourth-order valence-electron chi connectivity index (χ4n) is 1.33. The number of amides is 1. The Balaban J connectivity index is 2.27. The highest BCUT2D eigenvalue weighted by Gasteiger charge is 2.37. The lowest BCUT2D eigenvalue weighted by Gasteiger charge is -2.22. The molecule has 0 aromatic rings. The molecule has 0 bridgehead atoms. The van der Waals surface area contributed by atoms with Crippen molar-refractivity contribution in [1.29, 1.82) is 0 Å². The summed E-state index contributed by atoms with van der Waals surface area (Å²) in [5.41, 5.74) is -0.502. The molecule has 1 aliphatic rings. The van der Waals surface area contributed by atoms with Gasteiger partial charge in [0.05, 0.1) is 6.61 Å². The topological polar surface area (TPSA) is 66.0 Å². The summed E-state index contributed by atoms with van der Waals surface area (Å²) >= 11 is 0. The van der Waals surface area contributed by atoms with Gasteiger partial charge in [-0.05, 0) is 20.8 Å². The van der Waals surface area contributed by atoms with Crippen LogP contribution in [0.1, 0.15) is 27.7 Å². The monoisotopic (exact) mass is 247 g/mol. The van der Waals surface area contributed by atoms with Crippen LogP contribution in [0.25, 0.3) is 0 Å². The minimum Gasteiger partial charge on any atom is -0.444 e. The van der Waals surface area contributed by atoms with Gasteiger partial charge in [-0.3, -0.25) is 0 Å². The molecule has 0 radical (unpaired) electrons. The number of hydrogen-bond donors (Lipinski definition) is 1. The van der Waals surface area contributed by atoms with Crippen LogP contribution in [0.5, 0.6) is 0 Å². The van der Waals surface area contributed by atoms with E-state index in [1.165, 1.54) is 7.11 Å². The Morgan fingerprint density at radius 3 is 2.65 bits per heavy atom. The summed E-state index contributed by atoms with van der Waals surface area (Å²) in [6, 6.07) is 0. The van der Waals surface area contributed by atoms with Crippen molar-refractivity contribution >= 4 is 6.09 Å². The number of hydrogen-bond acceptors (Lipinski definition) is 5. The zero-order chi connectivity index (χ0) is 13.1. The van der Waals surface area contributed by atoms with Gasteiger partial charge in [0.25, 0.3) is 5.97 Å². The molecule has 1 aliphatic heterocycles. The van der Waals surface area contributed by atoms with E-state index in [-0.39, 0.29) is 6.10 Å². The van der Waals surface area contributed by atoms with Crippen molar-refractivity contribution in [2.45, 2.75) is 45.4 Å². The van der Waals surface area contributed by atoms with Crippen LogP contribution in [-0.2, 0) is 18.9 Å². The SMILES string of the molecule is CO[C@@]1(C)OCC(CNC(=O)OC(C)(C)C)O1. The van der Waals surface area contributed by atoms with Crippen LogP contribution in [0.3, 0.4) is 0 Å². The molecule has 1 fully saturated rings. The smallest absolute Gasteiger partial charge is 0.407 e.